The normalized spacial score (nSPS) is 13.4. The van der Waals surface area contributed by atoms with Gasteiger partial charge in [0.25, 0.3) is 17.5 Å². The zero-order chi connectivity index (χ0) is 17.1. The molecule has 0 aromatic heterocycles. The molecule has 0 bridgehead atoms. The molecule has 23 heavy (non-hydrogen) atoms. The van der Waals surface area contributed by atoms with Gasteiger partial charge in [-0.2, -0.15) is 0 Å². The number of carbonyl (C=O) groups excluding carboxylic acids is 3. The summed E-state index contributed by atoms with van der Waals surface area (Å²) in [5.74, 6) is -1.08. The van der Waals surface area contributed by atoms with Crippen LogP contribution in [0.4, 0.5) is 5.69 Å². The SMILES string of the molecule is CC(C)CNC(=O)CCN1C(=O)c2ccc([N+](=O)[O-])cc2C1=O. The fourth-order valence-electron chi connectivity index (χ4n) is 2.22. The number of nitro groups is 1. The predicted molar refractivity (Wildman–Crippen MR) is 80.9 cm³/mol. The maximum absolute atomic E-state index is 12.2. The first-order valence-corrected chi connectivity index (χ1v) is 7.22. The Bertz CT molecular complexity index is 684. The lowest BCUT2D eigenvalue weighted by atomic mass is 10.1. The summed E-state index contributed by atoms with van der Waals surface area (Å²) in [5.41, 5.74) is -0.114. The quantitative estimate of drug-likeness (QED) is 0.483. The van der Waals surface area contributed by atoms with Crippen molar-refractivity contribution in [1.82, 2.24) is 10.2 Å². The number of carbonyl (C=O) groups is 3. The Kier molecular flexibility index (Phi) is 4.73. The van der Waals surface area contributed by atoms with Gasteiger partial charge in [0.15, 0.2) is 0 Å². The molecule has 0 unspecified atom stereocenters. The topological polar surface area (TPSA) is 110 Å². The second kappa shape index (κ2) is 6.55. The molecule has 8 heteroatoms. The summed E-state index contributed by atoms with van der Waals surface area (Å²) in [5, 5.41) is 13.5. The van der Waals surface area contributed by atoms with Gasteiger partial charge in [0.1, 0.15) is 0 Å². The van der Waals surface area contributed by atoms with E-state index in [1.165, 1.54) is 12.1 Å². The van der Waals surface area contributed by atoms with E-state index >= 15 is 0 Å². The Morgan fingerprint density at radius 2 is 1.91 bits per heavy atom. The molecule has 1 aliphatic rings. The van der Waals surface area contributed by atoms with Crippen LogP contribution >= 0.6 is 0 Å². The summed E-state index contributed by atoms with van der Waals surface area (Å²) >= 11 is 0. The van der Waals surface area contributed by atoms with E-state index in [9.17, 15) is 24.5 Å². The molecule has 0 aliphatic carbocycles. The van der Waals surface area contributed by atoms with E-state index in [2.05, 4.69) is 5.32 Å². The third-order valence-corrected chi connectivity index (χ3v) is 3.44. The third-order valence-electron chi connectivity index (χ3n) is 3.44. The van der Waals surface area contributed by atoms with Crippen LogP contribution in [0, 0.1) is 16.0 Å². The number of rotatable bonds is 6. The lowest BCUT2D eigenvalue weighted by Gasteiger charge is -2.14. The minimum Gasteiger partial charge on any atom is -0.356 e. The monoisotopic (exact) mass is 319 g/mol. The Hall–Kier alpha value is -2.77. The average molecular weight is 319 g/mol. The molecule has 0 saturated heterocycles. The van der Waals surface area contributed by atoms with Crippen LogP contribution in [0.15, 0.2) is 18.2 Å². The predicted octanol–water partition coefficient (Wildman–Crippen LogP) is 1.35. The zero-order valence-corrected chi connectivity index (χ0v) is 12.9. The van der Waals surface area contributed by atoms with Gasteiger partial charge in [0.05, 0.1) is 16.1 Å². The molecule has 1 aromatic rings. The Morgan fingerprint density at radius 3 is 2.52 bits per heavy atom. The van der Waals surface area contributed by atoms with Gasteiger partial charge in [-0.05, 0) is 12.0 Å². The van der Waals surface area contributed by atoms with Crippen molar-refractivity contribution in [2.75, 3.05) is 13.1 Å². The second-order valence-corrected chi connectivity index (χ2v) is 5.70. The molecule has 1 heterocycles. The summed E-state index contributed by atoms with van der Waals surface area (Å²) in [6.07, 6.45) is 0.000280. The van der Waals surface area contributed by atoms with E-state index in [1.54, 1.807) is 0 Å². The maximum Gasteiger partial charge on any atom is 0.270 e. The van der Waals surface area contributed by atoms with Crippen LogP contribution in [0.25, 0.3) is 0 Å². The van der Waals surface area contributed by atoms with Gasteiger partial charge in [0, 0.05) is 31.6 Å². The molecule has 0 radical (unpaired) electrons. The summed E-state index contributed by atoms with van der Waals surface area (Å²) < 4.78 is 0. The van der Waals surface area contributed by atoms with E-state index in [-0.39, 0.29) is 35.7 Å². The number of benzene rings is 1. The first-order valence-electron chi connectivity index (χ1n) is 7.22. The highest BCUT2D eigenvalue weighted by Gasteiger charge is 2.36. The summed E-state index contributed by atoms with van der Waals surface area (Å²) in [6.45, 7) is 4.38. The molecule has 1 aliphatic heterocycles. The van der Waals surface area contributed by atoms with Crippen molar-refractivity contribution < 1.29 is 19.3 Å². The second-order valence-electron chi connectivity index (χ2n) is 5.70. The van der Waals surface area contributed by atoms with Crippen molar-refractivity contribution >= 4 is 23.4 Å². The van der Waals surface area contributed by atoms with Crippen molar-refractivity contribution in [2.45, 2.75) is 20.3 Å². The fourth-order valence-corrected chi connectivity index (χ4v) is 2.22. The number of imide groups is 1. The largest absolute Gasteiger partial charge is 0.356 e. The minimum absolute atomic E-state index is 0.000280. The van der Waals surface area contributed by atoms with Gasteiger partial charge < -0.3 is 5.32 Å². The molecule has 122 valence electrons. The molecule has 0 saturated carbocycles. The average Bonchev–Trinajstić information content (AvgIpc) is 2.74. The van der Waals surface area contributed by atoms with Crippen LogP contribution in [0.1, 0.15) is 41.0 Å². The van der Waals surface area contributed by atoms with E-state index in [0.717, 1.165) is 11.0 Å². The molecular weight excluding hydrogens is 302 g/mol. The third kappa shape index (κ3) is 3.53. The van der Waals surface area contributed by atoms with E-state index in [0.29, 0.717) is 12.5 Å². The Morgan fingerprint density at radius 1 is 1.26 bits per heavy atom. The summed E-state index contributed by atoms with van der Waals surface area (Å²) in [4.78, 5) is 47.1. The van der Waals surface area contributed by atoms with Crippen molar-refractivity contribution in [1.29, 1.82) is 0 Å². The van der Waals surface area contributed by atoms with Crippen molar-refractivity contribution in [3.8, 4) is 0 Å². The minimum atomic E-state index is -0.625. The highest BCUT2D eigenvalue weighted by atomic mass is 16.6. The standard InChI is InChI=1S/C15H17N3O5/c1-9(2)8-16-13(19)5-6-17-14(20)11-4-3-10(18(22)23)7-12(11)15(17)21/h3-4,7,9H,5-6,8H2,1-2H3,(H,16,19). The highest BCUT2D eigenvalue weighted by Crippen LogP contribution is 2.26. The molecule has 0 spiro atoms. The van der Waals surface area contributed by atoms with Crippen molar-refractivity contribution in [3.05, 3.63) is 39.4 Å². The van der Waals surface area contributed by atoms with Crippen molar-refractivity contribution in [2.24, 2.45) is 5.92 Å². The van der Waals surface area contributed by atoms with Crippen LogP contribution in [0.3, 0.4) is 0 Å². The lowest BCUT2D eigenvalue weighted by Crippen LogP contribution is -2.35. The first-order chi connectivity index (χ1) is 10.8. The smallest absolute Gasteiger partial charge is 0.270 e. The molecule has 1 N–H and O–H groups in total. The van der Waals surface area contributed by atoms with Crippen molar-refractivity contribution in [3.63, 3.8) is 0 Å². The van der Waals surface area contributed by atoms with Crippen LogP contribution in [0.2, 0.25) is 0 Å². The lowest BCUT2D eigenvalue weighted by molar-refractivity contribution is -0.384. The van der Waals surface area contributed by atoms with Crippen LogP contribution in [-0.4, -0.2) is 40.6 Å². The molecular formula is C15H17N3O5. The molecule has 0 fully saturated rings. The van der Waals surface area contributed by atoms with Crippen LogP contribution in [-0.2, 0) is 4.79 Å². The number of nitrogens with one attached hydrogen (secondary N) is 1. The number of hydrogen-bond acceptors (Lipinski definition) is 5. The molecule has 3 amide bonds. The van der Waals surface area contributed by atoms with Crippen LogP contribution in [0.5, 0.6) is 0 Å². The van der Waals surface area contributed by atoms with Gasteiger partial charge >= 0.3 is 0 Å². The number of nitro benzene ring substituents is 1. The molecule has 2 rings (SSSR count). The maximum atomic E-state index is 12.2. The number of non-ortho nitro benzene ring substituents is 1. The van der Waals surface area contributed by atoms with Gasteiger partial charge in [0.2, 0.25) is 5.91 Å². The van der Waals surface area contributed by atoms with Gasteiger partial charge in [-0.15, -0.1) is 0 Å². The fraction of sp³-hybridized carbons (Fsp3) is 0.400. The Balaban J connectivity index is 2.05. The number of hydrogen-bond donors (Lipinski definition) is 1. The highest BCUT2D eigenvalue weighted by molar-refractivity contribution is 6.21. The number of amides is 3. The zero-order valence-electron chi connectivity index (χ0n) is 12.9. The van der Waals surface area contributed by atoms with Gasteiger partial charge in [-0.1, -0.05) is 13.8 Å². The van der Waals surface area contributed by atoms with Crippen LogP contribution < -0.4 is 5.32 Å². The Labute approximate surface area is 132 Å². The number of fused-ring (bicyclic) bond motifs is 1. The molecule has 1 aromatic carbocycles. The molecule has 8 nitrogen and oxygen atoms in total. The summed E-state index contributed by atoms with van der Waals surface area (Å²) in [6, 6.07) is 3.55. The van der Waals surface area contributed by atoms with Gasteiger partial charge in [-0.25, -0.2) is 0 Å². The number of nitrogens with zero attached hydrogens (tertiary/aromatic N) is 2. The van der Waals surface area contributed by atoms with Gasteiger partial charge in [-0.3, -0.25) is 29.4 Å². The first kappa shape index (κ1) is 16.6. The van der Waals surface area contributed by atoms with E-state index in [4.69, 9.17) is 0 Å². The molecule has 0 atom stereocenters. The van der Waals surface area contributed by atoms with E-state index in [1.807, 2.05) is 13.8 Å². The summed E-state index contributed by atoms with van der Waals surface area (Å²) in [7, 11) is 0. The van der Waals surface area contributed by atoms with E-state index < -0.39 is 16.7 Å².